The molecule has 352 valence electrons. The van der Waals surface area contributed by atoms with E-state index in [1.165, 1.54) is 180 Å². The van der Waals surface area contributed by atoms with Crippen molar-refractivity contribution in [1.82, 2.24) is 0 Å². The van der Waals surface area contributed by atoms with Gasteiger partial charge in [0.15, 0.2) is 6.10 Å². The smallest absolute Gasteiger partial charge is 0.306 e. The van der Waals surface area contributed by atoms with Gasteiger partial charge in [0.25, 0.3) is 0 Å². The standard InChI is InChI=1S/C54H100O6/c1-4-7-10-13-16-19-22-24-26-27-28-30-32-35-38-41-44-47-53(56)59-50-51(49-58-52(55)46-43-40-37-34-31-21-18-15-12-9-6-3)60-54(57)48-45-42-39-36-33-29-25-23-20-17-14-11-8-5-2/h15,18,24,26,51H,4-14,16-17,19-23,25,27-50H2,1-3H3/b18-15-,26-24-/t51-/m1/s1. The number of unbranched alkanes of at least 4 members (excludes halogenated alkanes) is 33. The van der Waals surface area contributed by atoms with Crippen LogP contribution < -0.4 is 0 Å². The van der Waals surface area contributed by atoms with Crippen LogP contribution in [0.15, 0.2) is 24.3 Å². The summed E-state index contributed by atoms with van der Waals surface area (Å²) in [6.07, 6.45) is 55.9. The van der Waals surface area contributed by atoms with Crippen molar-refractivity contribution < 1.29 is 28.6 Å². The lowest BCUT2D eigenvalue weighted by molar-refractivity contribution is -0.167. The molecular weight excluding hydrogens is 745 g/mol. The third kappa shape index (κ3) is 46.9. The van der Waals surface area contributed by atoms with Crippen LogP contribution in [0.5, 0.6) is 0 Å². The highest BCUT2D eigenvalue weighted by atomic mass is 16.6. The lowest BCUT2D eigenvalue weighted by Crippen LogP contribution is -2.30. The normalized spacial score (nSPS) is 12.1. The van der Waals surface area contributed by atoms with Crippen molar-refractivity contribution in [3.8, 4) is 0 Å². The second-order valence-corrected chi connectivity index (χ2v) is 17.8. The Bertz CT molecular complexity index is 973. The first-order valence-corrected chi connectivity index (χ1v) is 26.3. The zero-order valence-electron chi connectivity index (χ0n) is 40.2. The summed E-state index contributed by atoms with van der Waals surface area (Å²) in [5.74, 6) is -0.873. The van der Waals surface area contributed by atoms with Crippen molar-refractivity contribution >= 4 is 17.9 Å². The molecule has 0 bridgehead atoms. The minimum absolute atomic E-state index is 0.0725. The van der Waals surface area contributed by atoms with Crippen LogP contribution in [0.1, 0.15) is 284 Å². The molecule has 0 radical (unpaired) electrons. The summed E-state index contributed by atoms with van der Waals surface area (Å²) in [5, 5.41) is 0. The zero-order valence-corrected chi connectivity index (χ0v) is 40.2. The van der Waals surface area contributed by atoms with E-state index in [9.17, 15) is 14.4 Å². The number of hydrogen-bond acceptors (Lipinski definition) is 6. The Morgan fingerprint density at radius 2 is 0.567 bits per heavy atom. The average molecular weight is 845 g/mol. The summed E-state index contributed by atoms with van der Waals surface area (Å²) in [4.78, 5) is 37.9. The Morgan fingerprint density at radius 1 is 0.317 bits per heavy atom. The van der Waals surface area contributed by atoms with E-state index < -0.39 is 6.10 Å². The predicted molar refractivity (Wildman–Crippen MR) is 256 cm³/mol. The molecule has 0 aromatic carbocycles. The Labute approximate surface area is 373 Å². The van der Waals surface area contributed by atoms with E-state index in [-0.39, 0.29) is 31.1 Å². The molecule has 0 amide bonds. The van der Waals surface area contributed by atoms with Gasteiger partial charge in [0, 0.05) is 19.3 Å². The Kier molecular flexibility index (Phi) is 47.8. The van der Waals surface area contributed by atoms with Crippen LogP contribution in [0.2, 0.25) is 0 Å². The van der Waals surface area contributed by atoms with Gasteiger partial charge < -0.3 is 14.2 Å². The topological polar surface area (TPSA) is 78.9 Å². The summed E-state index contributed by atoms with van der Waals surface area (Å²) in [6, 6.07) is 0. The minimum atomic E-state index is -0.771. The summed E-state index contributed by atoms with van der Waals surface area (Å²) in [6.45, 7) is 6.61. The van der Waals surface area contributed by atoms with Gasteiger partial charge in [-0.3, -0.25) is 14.4 Å². The van der Waals surface area contributed by atoms with Crippen LogP contribution in [-0.2, 0) is 28.6 Å². The molecule has 60 heavy (non-hydrogen) atoms. The molecule has 0 aromatic rings. The molecule has 0 heterocycles. The molecule has 6 heteroatoms. The van der Waals surface area contributed by atoms with Crippen LogP contribution in [0, 0.1) is 0 Å². The number of rotatable bonds is 48. The van der Waals surface area contributed by atoms with Crippen molar-refractivity contribution in [2.45, 2.75) is 290 Å². The number of hydrogen-bond donors (Lipinski definition) is 0. The number of allylic oxidation sites excluding steroid dienone is 4. The van der Waals surface area contributed by atoms with Gasteiger partial charge >= 0.3 is 17.9 Å². The maximum atomic E-state index is 12.8. The van der Waals surface area contributed by atoms with Gasteiger partial charge in [-0.05, 0) is 64.2 Å². The van der Waals surface area contributed by atoms with Crippen molar-refractivity contribution in [3.63, 3.8) is 0 Å². The quantitative estimate of drug-likeness (QED) is 0.0263. The van der Waals surface area contributed by atoms with Crippen molar-refractivity contribution in [1.29, 1.82) is 0 Å². The summed E-state index contributed by atoms with van der Waals surface area (Å²) >= 11 is 0. The van der Waals surface area contributed by atoms with Gasteiger partial charge in [-0.2, -0.15) is 0 Å². The first-order valence-electron chi connectivity index (χ1n) is 26.3. The fourth-order valence-electron chi connectivity index (χ4n) is 7.65. The SMILES string of the molecule is CCCC/C=C\CCCCCCCC(=O)OC[C@H](COC(=O)CCCCCCCCC/C=C\CCCCCCCC)OC(=O)CCCCCCCCCCCCCCCC. The second kappa shape index (κ2) is 49.5. The number of carbonyl (C=O) groups is 3. The van der Waals surface area contributed by atoms with E-state index in [0.717, 1.165) is 64.2 Å². The minimum Gasteiger partial charge on any atom is -0.462 e. The summed E-state index contributed by atoms with van der Waals surface area (Å²) < 4.78 is 16.8. The highest BCUT2D eigenvalue weighted by Gasteiger charge is 2.19. The molecule has 0 spiro atoms. The third-order valence-corrected chi connectivity index (χ3v) is 11.7. The molecule has 0 aliphatic carbocycles. The largest absolute Gasteiger partial charge is 0.462 e. The van der Waals surface area contributed by atoms with Gasteiger partial charge in [0.1, 0.15) is 13.2 Å². The highest BCUT2D eigenvalue weighted by Crippen LogP contribution is 2.16. The van der Waals surface area contributed by atoms with Crippen molar-refractivity contribution in [2.75, 3.05) is 13.2 Å². The van der Waals surface area contributed by atoms with Crippen LogP contribution in [-0.4, -0.2) is 37.2 Å². The van der Waals surface area contributed by atoms with Gasteiger partial charge in [-0.15, -0.1) is 0 Å². The predicted octanol–water partition coefficient (Wildman–Crippen LogP) is 17.2. The summed E-state index contributed by atoms with van der Waals surface area (Å²) in [7, 11) is 0. The van der Waals surface area contributed by atoms with Crippen molar-refractivity contribution in [2.24, 2.45) is 0 Å². The lowest BCUT2D eigenvalue weighted by Gasteiger charge is -2.18. The van der Waals surface area contributed by atoms with Crippen LogP contribution in [0.3, 0.4) is 0 Å². The average Bonchev–Trinajstić information content (AvgIpc) is 3.24. The van der Waals surface area contributed by atoms with E-state index in [1.54, 1.807) is 0 Å². The molecule has 0 rings (SSSR count). The third-order valence-electron chi connectivity index (χ3n) is 11.7. The van der Waals surface area contributed by atoms with E-state index in [2.05, 4.69) is 45.1 Å². The monoisotopic (exact) mass is 845 g/mol. The molecule has 0 saturated heterocycles. The molecule has 0 aromatic heterocycles. The van der Waals surface area contributed by atoms with Gasteiger partial charge in [0.05, 0.1) is 0 Å². The van der Waals surface area contributed by atoms with Crippen LogP contribution in [0.4, 0.5) is 0 Å². The molecular formula is C54H100O6. The number of carbonyl (C=O) groups excluding carboxylic acids is 3. The van der Waals surface area contributed by atoms with Crippen LogP contribution >= 0.6 is 0 Å². The first-order chi connectivity index (χ1) is 29.5. The van der Waals surface area contributed by atoms with Crippen molar-refractivity contribution in [3.05, 3.63) is 24.3 Å². The van der Waals surface area contributed by atoms with E-state index in [1.807, 2.05) is 0 Å². The molecule has 1 atom stereocenters. The highest BCUT2D eigenvalue weighted by molar-refractivity contribution is 5.71. The van der Waals surface area contributed by atoms with E-state index in [4.69, 9.17) is 14.2 Å². The van der Waals surface area contributed by atoms with Crippen LogP contribution in [0.25, 0.3) is 0 Å². The second-order valence-electron chi connectivity index (χ2n) is 17.8. The summed E-state index contributed by atoms with van der Waals surface area (Å²) in [5.41, 5.74) is 0. The Morgan fingerprint density at radius 3 is 0.883 bits per heavy atom. The number of esters is 3. The van der Waals surface area contributed by atoms with Gasteiger partial charge in [-0.1, -0.05) is 225 Å². The molecule has 0 fully saturated rings. The maximum Gasteiger partial charge on any atom is 0.306 e. The van der Waals surface area contributed by atoms with E-state index in [0.29, 0.717) is 19.3 Å². The molecule has 0 N–H and O–H groups in total. The molecule has 0 aliphatic heterocycles. The van der Waals surface area contributed by atoms with E-state index >= 15 is 0 Å². The first kappa shape index (κ1) is 57.9. The Hall–Kier alpha value is -2.11. The fourth-order valence-corrected chi connectivity index (χ4v) is 7.65. The molecule has 0 unspecified atom stereocenters. The van der Waals surface area contributed by atoms with Gasteiger partial charge in [-0.25, -0.2) is 0 Å². The Balaban J connectivity index is 4.32. The molecule has 6 nitrogen and oxygen atoms in total. The molecule has 0 aliphatic rings. The van der Waals surface area contributed by atoms with Gasteiger partial charge in [0.2, 0.25) is 0 Å². The zero-order chi connectivity index (χ0) is 43.7. The molecule has 0 saturated carbocycles. The number of ether oxygens (including phenoxy) is 3. The maximum absolute atomic E-state index is 12.8. The lowest BCUT2D eigenvalue weighted by atomic mass is 10.0. The fraction of sp³-hybridized carbons (Fsp3) is 0.870.